The predicted octanol–water partition coefficient (Wildman–Crippen LogP) is 4.18. The van der Waals surface area contributed by atoms with Gasteiger partial charge in [-0.15, -0.1) is 0 Å². The Hall–Kier alpha value is -2.24. The molecule has 2 aromatic rings. The molecule has 138 valence electrons. The summed E-state index contributed by atoms with van der Waals surface area (Å²) in [6, 6.07) is 13.8. The van der Waals surface area contributed by atoms with Crippen LogP contribution in [0.5, 0.6) is 5.75 Å². The number of halogens is 2. The molecule has 5 nitrogen and oxygen atoms in total. The van der Waals surface area contributed by atoms with E-state index in [0.717, 1.165) is 5.56 Å². The van der Waals surface area contributed by atoms with Crippen LogP contribution in [0.15, 0.2) is 48.5 Å². The van der Waals surface area contributed by atoms with E-state index in [-0.39, 0.29) is 25.7 Å². The highest BCUT2D eigenvalue weighted by molar-refractivity contribution is 6.35. The summed E-state index contributed by atoms with van der Waals surface area (Å²) in [4.78, 5) is 23.6. The van der Waals surface area contributed by atoms with Gasteiger partial charge in [0, 0.05) is 10.0 Å². The van der Waals surface area contributed by atoms with E-state index < -0.39 is 11.9 Å². The molecule has 0 saturated heterocycles. The highest BCUT2D eigenvalue weighted by Gasteiger charge is 2.14. The van der Waals surface area contributed by atoms with Crippen LogP contribution < -0.4 is 10.1 Å². The van der Waals surface area contributed by atoms with E-state index in [0.29, 0.717) is 15.8 Å². The zero-order valence-electron chi connectivity index (χ0n) is 14.2. The first kappa shape index (κ1) is 20.1. The lowest BCUT2D eigenvalue weighted by molar-refractivity contribution is -0.149. The van der Waals surface area contributed by atoms with Crippen molar-refractivity contribution in [1.29, 1.82) is 0 Å². The van der Waals surface area contributed by atoms with Crippen LogP contribution >= 0.6 is 23.2 Å². The molecule has 0 bridgehead atoms. The molecule has 0 aliphatic carbocycles. The lowest BCUT2D eigenvalue weighted by Crippen LogP contribution is -2.31. The zero-order chi connectivity index (χ0) is 18.9. The zero-order valence-corrected chi connectivity index (χ0v) is 15.7. The first-order valence-electron chi connectivity index (χ1n) is 8.03. The second-order valence-electron chi connectivity index (χ2n) is 5.53. The Morgan fingerprint density at radius 2 is 1.85 bits per heavy atom. The second kappa shape index (κ2) is 10.0. The molecule has 26 heavy (non-hydrogen) atoms. The normalized spacial score (nSPS) is 11.5. The Morgan fingerprint density at radius 3 is 2.54 bits per heavy atom. The maximum absolute atomic E-state index is 11.9. The first-order valence-corrected chi connectivity index (χ1v) is 8.79. The molecule has 0 aliphatic rings. The molecule has 2 aromatic carbocycles. The van der Waals surface area contributed by atoms with Crippen molar-refractivity contribution in [2.45, 2.75) is 19.4 Å². The molecule has 0 aromatic heterocycles. The third-order valence-electron chi connectivity index (χ3n) is 3.49. The van der Waals surface area contributed by atoms with Crippen molar-refractivity contribution in [3.05, 3.63) is 64.1 Å². The molecule has 0 aliphatic heterocycles. The summed E-state index contributed by atoms with van der Waals surface area (Å²) in [6.45, 7) is 1.60. The van der Waals surface area contributed by atoms with Crippen LogP contribution in [-0.4, -0.2) is 25.1 Å². The predicted molar refractivity (Wildman–Crippen MR) is 101 cm³/mol. The average molecular weight is 396 g/mol. The van der Waals surface area contributed by atoms with Gasteiger partial charge in [-0.05, 0) is 36.8 Å². The third-order valence-corrected chi connectivity index (χ3v) is 4.05. The maximum atomic E-state index is 11.9. The summed E-state index contributed by atoms with van der Waals surface area (Å²) in [6.07, 6.45) is 0.0563. The monoisotopic (exact) mass is 395 g/mol. The second-order valence-corrected chi connectivity index (χ2v) is 6.37. The Kier molecular flexibility index (Phi) is 7.75. The van der Waals surface area contributed by atoms with Crippen molar-refractivity contribution in [3.63, 3.8) is 0 Å². The Morgan fingerprint density at radius 1 is 1.12 bits per heavy atom. The standard InChI is InChI=1S/C19H19Cl2NO4/c1-13(16-8-7-14(20)11-17(16)21)22-18(23)12-26-19(24)9-10-25-15-5-3-2-4-6-15/h2-8,11,13H,9-10,12H2,1H3,(H,22,23)/t13-/m1/s1. The SMILES string of the molecule is C[C@@H](NC(=O)COC(=O)CCOc1ccccc1)c1ccc(Cl)cc1Cl. The van der Waals surface area contributed by atoms with Gasteiger partial charge >= 0.3 is 5.97 Å². The average Bonchev–Trinajstić information content (AvgIpc) is 2.60. The number of hydrogen-bond donors (Lipinski definition) is 1. The quantitative estimate of drug-likeness (QED) is 0.680. The van der Waals surface area contributed by atoms with Crippen LogP contribution in [0.4, 0.5) is 0 Å². The molecular weight excluding hydrogens is 377 g/mol. The van der Waals surface area contributed by atoms with Gasteiger partial charge in [0.15, 0.2) is 6.61 Å². The van der Waals surface area contributed by atoms with Crippen LogP contribution in [0, 0.1) is 0 Å². The number of amides is 1. The maximum Gasteiger partial charge on any atom is 0.309 e. The van der Waals surface area contributed by atoms with Crippen molar-refractivity contribution < 1.29 is 19.1 Å². The van der Waals surface area contributed by atoms with Crippen LogP contribution in [-0.2, 0) is 14.3 Å². The molecule has 2 rings (SSSR count). The number of nitrogens with one attached hydrogen (secondary N) is 1. The fraction of sp³-hybridized carbons (Fsp3) is 0.263. The molecule has 0 unspecified atom stereocenters. The summed E-state index contributed by atoms with van der Waals surface area (Å²) >= 11 is 12.0. The van der Waals surface area contributed by atoms with Gasteiger partial charge in [0.05, 0.1) is 19.1 Å². The van der Waals surface area contributed by atoms with Gasteiger partial charge in [-0.2, -0.15) is 0 Å². The lowest BCUT2D eigenvalue weighted by Gasteiger charge is -2.16. The third kappa shape index (κ3) is 6.58. The topological polar surface area (TPSA) is 64.6 Å². The highest BCUT2D eigenvalue weighted by atomic mass is 35.5. The largest absolute Gasteiger partial charge is 0.493 e. The minimum absolute atomic E-state index is 0.0563. The van der Waals surface area contributed by atoms with Crippen LogP contribution in [0.2, 0.25) is 10.0 Å². The highest BCUT2D eigenvalue weighted by Crippen LogP contribution is 2.25. The number of hydrogen-bond acceptors (Lipinski definition) is 4. The molecule has 1 N–H and O–H groups in total. The molecule has 1 amide bonds. The molecule has 7 heteroatoms. The summed E-state index contributed by atoms with van der Waals surface area (Å²) in [5.74, 6) is -0.249. The minimum Gasteiger partial charge on any atom is -0.493 e. The van der Waals surface area contributed by atoms with E-state index in [4.69, 9.17) is 32.7 Å². The molecule has 0 saturated carbocycles. The molecule has 0 spiro atoms. The van der Waals surface area contributed by atoms with Crippen LogP contribution in [0.3, 0.4) is 0 Å². The molecule has 0 radical (unpaired) electrons. The van der Waals surface area contributed by atoms with Crippen LogP contribution in [0.25, 0.3) is 0 Å². The van der Waals surface area contributed by atoms with Crippen molar-refractivity contribution >= 4 is 35.1 Å². The molecule has 0 fully saturated rings. The molecule has 0 heterocycles. The van der Waals surface area contributed by atoms with E-state index in [9.17, 15) is 9.59 Å². The number of para-hydroxylation sites is 1. The van der Waals surface area contributed by atoms with Crippen molar-refractivity contribution in [3.8, 4) is 5.75 Å². The summed E-state index contributed by atoms with van der Waals surface area (Å²) in [5, 5.41) is 3.70. The fourth-order valence-corrected chi connectivity index (χ4v) is 2.77. The van der Waals surface area contributed by atoms with E-state index in [2.05, 4.69) is 5.32 Å². The number of benzene rings is 2. The van der Waals surface area contributed by atoms with Crippen molar-refractivity contribution in [2.75, 3.05) is 13.2 Å². The summed E-state index contributed by atoms with van der Waals surface area (Å²) in [5.41, 5.74) is 0.729. The fourth-order valence-electron chi connectivity index (χ4n) is 2.20. The van der Waals surface area contributed by atoms with E-state index in [1.165, 1.54) is 0 Å². The Labute approximate surface area is 162 Å². The number of carbonyl (C=O) groups is 2. The van der Waals surface area contributed by atoms with E-state index >= 15 is 0 Å². The smallest absolute Gasteiger partial charge is 0.309 e. The lowest BCUT2D eigenvalue weighted by atomic mass is 10.1. The number of esters is 1. The van der Waals surface area contributed by atoms with Crippen molar-refractivity contribution in [1.82, 2.24) is 5.32 Å². The molecular formula is C19H19Cl2NO4. The number of rotatable bonds is 8. The van der Waals surface area contributed by atoms with Crippen LogP contribution in [0.1, 0.15) is 24.9 Å². The van der Waals surface area contributed by atoms with E-state index in [1.807, 2.05) is 18.2 Å². The van der Waals surface area contributed by atoms with Crippen molar-refractivity contribution in [2.24, 2.45) is 0 Å². The van der Waals surface area contributed by atoms with Gasteiger partial charge in [-0.3, -0.25) is 9.59 Å². The Balaban J connectivity index is 1.69. The van der Waals surface area contributed by atoms with Gasteiger partial charge < -0.3 is 14.8 Å². The number of ether oxygens (including phenoxy) is 2. The summed E-state index contributed by atoms with van der Waals surface area (Å²) in [7, 11) is 0. The van der Waals surface area contributed by atoms with Gasteiger partial charge in [-0.25, -0.2) is 0 Å². The number of carbonyl (C=O) groups excluding carboxylic acids is 2. The van der Waals surface area contributed by atoms with Gasteiger partial charge in [0.25, 0.3) is 5.91 Å². The Bertz CT molecular complexity index is 752. The first-order chi connectivity index (χ1) is 12.5. The minimum atomic E-state index is -0.506. The van der Waals surface area contributed by atoms with Gasteiger partial charge in [0.1, 0.15) is 5.75 Å². The van der Waals surface area contributed by atoms with Gasteiger partial charge in [-0.1, -0.05) is 47.5 Å². The van der Waals surface area contributed by atoms with E-state index in [1.54, 1.807) is 37.3 Å². The summed E-state index contributed by atoms with van der Waals surface area (Å²) < 4.78 is 10.3. The van der Waals surface area contributed by atoms with Gasteiger partial charge in [0.2, 0.25) is 0 Å². The molecule has 1 atom stereocenters.